The number of carboxylic acid groups (broad SMARTS) is 1. The lowest BCUT2D eigenvalue weighted by molar-refractivity contribution is 0.193. The van der Waals surface area contributed by atoms with Gasteiger partial charge in [0.05, 0.1) is 5.69 Å². The van der Waals surface area contributed by atoms with Crippen LogP contribution in [0.3, 0.4) is 0 Å². The highest BCUT2D eigenvalue weighted by Crippen LogP contribution is 2.19. The van der Waals surface area contributed by atoms with Crippen molar-refractivity contribution in [2.45, 2.75) is 5.33 Å². The molecule has 5 nitrogen and oxygen atoms in total. The van der Waals surface area contributed by atoms with Crippen molar-refractivity contribution in [1.82, 2.24) is 14.8 Å². The smallest absolute Gasteiger partial charge is 0.434 e. The second-order valence-electron chi connectivity index (χ2n) is 2.78. The number of hydrogen-bond acceptors (Lipinski definition) is 3. The van der Waals surface area contributed by atoms with Gasteiger partial charge in [-0.3, -0.25) is 0 Å². The molecule has 0 aromatic carbocycles. The molecule has 2 rings (SSSR count). The lowest BCUT2D eigenvalue weighted by atomic mass is 10.3. The molecule has 0 fully saturated rings. The lowest BCUT2D eigenvalue weighted by Crippen LogP contribution is -2.10. The molecule has 0 bridgehead atoms. The summed E-state index contributed by atoms with van der Waals surface area (Å²) < 4.78 is 13.5. The van der Waals surface area contributed by atoms with Crippen molar-refractivity contribution in [2.75, 3.05) is 0 Å². The van der Waals surface area contributed by atoms with Gasteiger partial charge in [-0.1, -0.05) is 15.9 Å². The zero-order chi connectivity index (χ0) is 11.0. The van der Waals surface area contributed by atoms with E-state index in [1.807, 2.05) is 0 Å². The van der Waals surface area contributed by atoms with Crippen LogP contribution in [0.2, 0.25) is 0 Å². The van der Waals surface area contributed by atoms with Crippen molar-refractivity contribution in [1.29, 1.82) is 0 Å². The summed E-state index contributed by atoms with van der Waals surface area (Å²) in [6.45, 7) is 0. The number of pyridine rings is 1. The molecule has 1 N–H and O–H groups in total. The normalized spacial score (nSPS) is 10.8. The molecule has 78 valence electrons. The molecule has 0 atom stereocenters. The van der Waals surface area contributed by atoms with E-state index in [-0.39, 0.29) is 5.65 Å². The van der Waals surface area contributed by atoms with E-state index in [0.29, 0.717) is 21.1 Å². The van der Waals surface area contributed by atoms with Crippen LogP contribution in [-0.2, 0) is 5.33 Å². The molecule has 15 heavy (non-hydrogen) atoms. The summed E-state index contributed by atoms with van der Waals surface area (Å²) in [4.78, 5) is 14.3. The van der Waals surface area contributed by atoms with E-state index in [1.54, 1.807) is 0 Å². The average Bonchev–Trinajstić information content (AvgIpc) is 2.55. The summed E-state index contributed by atoms with van der Waals surface area (Å²) in [7, 11) is 0. The zero-order valence-corrected chi connectivity index (χ0v) is 8.90. The van der Waals surface area contributed by atoms with Crippen LogP contribution in [0.4, 0.5) is 9.18 Å². The molecular formula is C8H5BrFN3O2. The van der Waals surface area contributed by atoms with Crippen molar-refractivity contribution in [2.24, 2.45) is 0 Å². The van der Waals surface area contributed by atoms with Crippen LogP contribution < -0.4 is 0 Å². The Hall–Kier alpha value is -1.50. The molecular weight excluding hydrogens is 269 g/mol. The number of rotatable bonds is 1. The Kier molecular flexibility index (Phi) is 2.39. The quantitative estimate of drug-likeness (QED) is 0.637. The minimum absolute atomic E-state index is 0.0111. The van der Waals surface area contributed by atoms with E-state index in [0.717, 1.165) is 0 Å². The van der Waals surface area contributed by atoms with Gasteiger partial charge in [-0.15, -0.1) is 4.68 Å². The Labute approximate surface area is 91.7 Å². The topological polar surface area (TPSA) is 68.0 Å². The molecule has 0 spiro atoms. The maximum Gasteiger partial charge on any atom is 0.434 e. The predicted molar refractivity (Wildman–Crippen MR) is 53.5 cm³/mol. The van der Waals surface area contributed by atoms with E-state index in [4.69, 9.17) is 5.11 Å². The molecule has 2 heterocycles. The van der Waals surface area contributed by atoms with Crippen molar-refractivity contribution in [3.63, 3.8) is 0 Å². The van der Waals surface area contributed by atoms with Gasteiger partial charge in [-0.25, -0.2) is 4.79 Å². The van der Waals surface area contributed by atoms with Gasteiger partial charge in [0.25, 0.3) is 0 Å². The largest absolute Gasteiger partial charge is 0.463 e. The van der Waals surface area contributed by atoms with Gasteiger partial charge in [0, 0.05) is 10.7 Å². The standard InChI is InChI=1S/C8H5BrFN3O2/c9-3-5-4-1-2-6(10)11-7(4)13(12-5)8(14)15/h1-2H,3H2,(H,14,15). The maximum absolute atomic E-state index is 12.8. The summed E-state index contributed by atoms with van der Waals surface area (Å²) in [5, 5.41) is 13.5. The highest BCUT2D eigenvalue weighted by molar-refractivity contribution is 9.08. The first-order chi connectivity index (χ1) is 7.13. The monoisotopic (exact) mass is 273 g/mol. The SMILES string of the molecule is O=C(O)n1nc(CBr)c2ccc(F)nc21. The minimum Gasteiger partial charge on any atom is -0.463 e. The predicted octanol–water partition coefficient (Wildman–Crippen LogP) is 1.99. The highest BCUT2D eigenvalue weighted by Gasteiger charge is 2.15. The fraction of sp³-hybridized carbons (Fsp3) is 0.125. The first-order valence-electron chi connectivity index (χ1n) is 3.97. The molecule has 0 aliphatic heterocycles. The third-order valence-corrected chi connectivity index (χ3v) is 2.41. The average molecular weight is 274 g/mol. The van der Waals surface area contributed by atoms with Crippen LogP contribution in [0.5, 0.6) is 0 Å². The molecule has 0 saturated heterocycles. The molecule has 7 heteroatoms. The number of carbonyl (C=O) groups is 1. The van der Waals surface area contributed by atoms with Crippen LogP contribution in [0, 0.1) is 5.95 Å². The lowest BCUT2D eigenvalue weighted by Gasteiger charge is -1.93. The maximum atomic E-state index is 12.8. The number of nitrogens with zero attached hydrogens (tertiary/aromatic N) is 3. The fourth-order valence-electron chi connectivity index (χ4n) is 1.27. The first-order valence-corrected chi connectivity index (χ1v) is 5.09. The van der Waals surface area contributed by atoms with Crippen LogP contribution >= 0.6 is 15.9 Å². The summed E-state index contributed by atoms with van der Waals surface area (Å²) in [5.41, 5.74) is 0.525. The molecule has 0 radical (unpaired) electrons. The molecule has 0 amide bonds. The van der Waals surface area contributed by atoms with Crippen molar-refractivity contribution >= 4 is 33.1 Å². The second kappa shape index (κ2) is 3.58. The van der Waals surface area contributed by atoms with Gasteiger partial charge in [0.15, 0.2) is 5.65 Å². The third-order valence-electron chi connectivity index (χ3n) is 1.88. The number of fused-ring (bicyclic) bond motifs is 1. The Morgan fingerprint density at radius 3 is 2.93 bits per heavy atom. The van der Waals surface area contributed by atoms with Gasteiger partial charge in [-0.05, 0) is 12.1 Å². The summed E-state index contributed by atoms with van der Waals surface area (Å²) in [6.07, 6.45) is -1.29. The molecule has 0 saturated carbocycles. The van der Waals surface area contributed by atoms with E-state index in [2.05, 4.69) is 26.0 Å². The van der Waals surface area contributed by atoms with E-state index < -0.39 is 12.0 Å². The molecule has 0 aliphatic carbocycles. The van der Waals surface area contributed by atoms with Crippen LogP contribution in [0.1, 0.15) is 5.69 Å². The fourth-order valence-corrected chi connectivity index (χ4v) is 1.68. The molecule has 2 aromatic heterocycles. The Bertz CT molecular complexity index is 540. The van der Waals surface area contributed by atoms with Crippen LogP contribution in [0.25, 0.3) is 11.0 Å². The Morgan fingerprint density at radius 2 is 2.33 bits per heavy atom. The zero-order valence-electron chi connectivity index (χ0n) is 7.31. The van der Waals surface area contributed by atoms with Crippen molar-refractivity contribution in [3.05, 3.63) is 23.8 Å². The minimum atomic E-state index is -1.29. The molecule has 0 unspecified atom stereocenters. The van der Waals surface area contributed by atoms with E-state index >= 15 is 0 Å². The third kappa shape index (κ3) is 1.58. The van der Waals surface area contributed by atoms with Gasteiger partial charge >= 0.3 is 6.09 Å². The number of aromatic nitrogens is 3. The van der Waals surface area contributed by atoms with Crippen molar-refractivity contribution in [3.8, 4) is 0 Å². The first kappa shape index (κ1) is 10.0. The highest BCUT2D eigenvalue weighted by atomic mass is 79.9. The number of halogens is 2. The van der Waals surface area contributed by atoms with Gasteiger partial charge < -0.3 is 5.11 Å². The van der Waals surface area contributed by atoms with Gasteiger partial charge in [-0.2, -0.15) is 14.5 Å². The molecule has 0 aliphatic rings. The summed E-state index contributed by atoms with van der Waals surface area (Å²) >= 11 is 3.17. The van der Waals surface area contributed by atoms with Crippen molar-refractivity contribution < 1.29 is 14.3 Å². The van der Waals surface area contributed by atoms with Gasteiger partial charge in [0.1, 0.15) is 0 Å². The molecule has 2 aromatic rings. The number of hydrogen-bond donors (Lipinski definition) is 1. The van der Waals surface area contributed by atoms with Gasteiger partial charge in [0.2, 0.25) is 5.95 Å². The van der Waals surface area contributed by atoms with Crippen LogP contribution in [-0.4, -0.2) is 26.0 Å². The number of alkyl halides is 1. The van der Waals surface area contributed by atoms with Crippen LogP contribution in [0.15, 0.2) is 12.1 Å². The van der Waals surface area contributed by atoms with E-state index in [1.165, 1.54) is 12.1 Å². The summed E-state index contributed by atoms with van der Waals surface area (Å²) in [5.74, 6) is -0.731. The Morgan fingerprint density at radius 1 is 1.60 bits per heavy atom. The Balaban J connectivity index is 2.81. The van der Waals surface area contributed by atoms with E-state index in [9.17, 15) is 9.18 Å². The summed E-state index contributed by atoms with van der Waals surface area (Å²) in [6, 6.07) is 2.63. The second-order valence-corrected chi connectivity index (χ2v) is 3.34.